The van der Waals surface area contributed by atoms with Gasteiger partial charge >= 0.3 is 0 Å². The first-order valence-corrected chi connectivity index (χ1v) is 6.14. The molecule has 0 spiro atoms. The molecular weight excluding hydrogens is 232 g/mol. The van der Waals surface area contributed by atoms with Crippen LogP contribution in [0.5, 0.6) is 0 Å². The van der Waals surface area contributed by atoms with E-state index in [4.69, 9.17) is 0 Å². The summed E-state index contributed by atoms with van der Waals surface area (Å²) in [6, 6.07) is 6.59. The Morgan fingerprint density at radius 1 is 1.06 bits per heavy atom. The molecular formula is C15H19F2N. The van der Waals surface area contributed by atoms with Crippen LogP contribution in [0, 0.1) is 13.8 Å². The second-order valence-electron chi connectivity index (χ2n) is 4.20. The number of rotatable bonds is 1. The van der Waals surface area contributed by atoms with Crippen LogP contribution >= 0.6 is 0 Å². The first kappa shape index (κ1) is 14.6. The monoisotopic (exact) mass is 251 g/mol. The van der Waals surface area contributed by atoms with Crippen LogP contribution in [0.15, 0.2) is 24.3 Å². The zero-order chi connectivity index (χ0) is 13.9. The molecule has 1 heterocycles. The number of fused-ring (bicyclic) bond motifs is 1. The minimum Gasteiger partial charge on any atom is -0.253 e. The third-order valence-corrected chi connectivity index (χ3v) is 2.65. The molecule has 2 aromatic rings. The van der Waals surface area contributed by atoms with Gasteiger partial charge in [-0.15, -0.1) is 0 Å². The van der Waals surface area contributed by atoms with Crippen molar-refractivity contribution in [2.75, 3.05) is 0 Å². The highest BCUT2D eigenvalue weighted by Crippen LogP contribution is 2.29. The van der Waals surface area contributed by atoms with Crippen LogP contribution in [0.3, 0.4) is 0 Å². The largest absolute Gasteiger partial charge is 0.270 e. The Kier molecular flexibility index (Phi) is 4.38. The van der Waals surface area contributed by atoms with Crippen molar-refractivity contribution < 1.29 is 8.78 Å². The number of pyridine rings is 1. The second-order valence-corrected chi connectivity index (χ2v) is 4.20. The summed E-state index contributed by atoms with van der Waals surface area (Å²) in [6.45, 7) is 8.72. The van der Waals surface area contributed by atoms with Gasteiger partial charge in [0, 0.05) is 23.6 Å². The maximum atomic E-state index is 13.2. The average molecular weight is 251 g/mol. The molecule has 1 aromatic carbocycles. The van der Waals surface area contributed by atoms with E-state index in [2.05, 4.69) is 4.98 Å². The van der Waals surface area contributed by atoms with Crippen molar-refractivity contribution in [3.8, 4) is 0 Å². The van der Waals surface area contributed by atoms with Gasteiger partial charge in [0.2, 0.25) is 0 Å². The fourth-order valence-electron chi connectivity index (χ4n) is 1.84. The van der Waals surface area contributed by atoms with Crippen molar-refractivity contribution in [1.82, 2.24) is 4.98 Å². The molecule has 0 radical (unpaired) electrons. The van der Waals surface area contributed by atoms with Crippen molar-refractivity contribution in [3.05, 3.63) is 41.1 Å². The number of nitrogens with zero attached hydrogens (tertiary/aromatic N) is 1. The molecule has 0 saturated heterocycles. The number of aromatic nitrogens is 1. The maximum Gasteiger partial charge on any atom is 0.270 e. The number of hydrogen-bond donors (Lipinski definition) is 0. The normalized spacial score (nSPS) is 11.1. The highest BCUT2D eigenvalue weighted by atomic mass is 19.3. The van der Waals surface area contributed by atoms with Gasteiger partial charge in [-0.25, -0.2) is 8.78 Å². The molecule has 0 amide bonds. The van der Waals surface area contributed by atoms with Gasteiger partial charge in [-0.05, 0) is 31.5 Å². The Bertz CT molecular complexity index is 542. The summed E-state index contributed by atoms with van der Waals surface area (Å²) in [6.07, 6.45) is 0. The van der Waals surface area contributed by atoms with Crippen molar-refractivity contribution in [2.24, 2.45) is 0 Å². The van der Waals surface area contributed by atoms with Crippen LogP contribution < -0.4 is 0 Å². The second kappa shape index (κ2) is 5.42. The van der Waals surface area contributed by atoms with E-state index in [0.29, 0.717) is 5.52 Å². The zero-order valence-electron chi connectivity index (χ0n) is 11.5. The molecule has 0 atom stereocenters. The van der Waals surface area contributed by atoms with Crippen LogP contribution in [0.2, 0.25) is 0 Å². The topological polar surface area (TPSA) is 12.9 Å². The molecule has 0 aliphatic heterocycles. The Hall–Kier alpha value is -1.51. The molecule has 0 unspecified atom stereocenters. The Labute approximate surface area is 107 Å². The van der Waals surface area contributed by atoms with Gasteiger partial charge < -0.3 is 0 Å². The van der Waals surface area contributed by atoms with Gasteiger partial charge in [-0.1, -0.05) is 26.0 Å². The molecule has 2 rings (SSSR count). The molecule has 1 nitrogen and oxygen atoms in total. The Balaban J connectivity index is 0.000000771. The lowest BCUT2D eigenvalue weighted by atomic mass is 10.0. The number of alkyl halides is 2. The van der Waals surface area contributed by atoms with E-state index in [1.54, 1.807) is 6.07 Å². The van der Waals surface area contributed by atoms with Crippen molar-refractivity contribution >= 4 is 10.9 Å². The van der Waals surface area contributed by atoms with Gasteiger partial charge in [0.15, 0.2) is 0 Å². The lowest BCUT2D eigenvalue weighted by Crippen LogP contribution is -2.06. The highest BCUT2D eigenvalue weighted by Gasteiger charge is 2.24. The van der Waals surface area contributed by atoms with Crippen LogP contribution in [0.1, 0.15) is 37.6 Å². The first-order valence-electron chi connectivity index (χ1n) is 6.14. The van der Waals surface area contributed by atoms with E-state index >= 15 is 0 Å². The summed E-state index contributed by atoms with van der Waals surface area (Å²) in [5, 5.41) is 0.929. The zero-order valence-corrected chi connectivity index (χ0v) is 11.5. The maximum absolute atomic E-state index is 13.2. The van der Waals surface area contributed by atoms with Crippen LogP contribution in [-0.4, -0.2) is 4.98 Å². The lowest BCUT2D eigenvalue weighted by Gasteiger charge is -2.12. The average Bonchev–Trinajstić information content (AvgIpc) is 2.29. The number of hydrogen-bond acceptors (Lipinski definition) is 1. The molecule has 3 heteroatoms. The molecule has 18 heavy (non-hydrogen) atoms. The van der Waals surface area contributed by atoms with E-state index < -0.39 is 5.92 Å². The molecule has 1 aromatic heterocycles. The number of benzene rings is 1. The quantitative estimate of drug-likeness (QED) is 0.695. The lowest BCUT2D eigenvalue weighted by molar-refractivity contribution is 0.0176. The summed E-state index contributed by atoms with van der Waals surface area (Å²) in [5.41, 5.74) is 2.56. The van der Waals surface area contributed by atoms with E-state index in [0.717, 1.165) is 23.6 Å². The van der Waals surface area contributed by atoms with E-state index in [1.165, 1.54) is 12.1 Å². The first-order chi connectivity index (χ1) is 8.38. The summed E-state index contributed by atoms with van der Waals surface area (Å²) in [4.78, 5) is 4.28. The van der Waals surface area contributed by atoms with E-state index in [1.807, 2.05) is 33.8 Å². The van der Waals surface area contributed by atoms with Crippen LogP contribution in [0.4, 0.5) is 8.78 Å². The third-order valence-electron chi connectivity index (χ3n) is 2.65. The molecule has 0 aliphatic rings. The van der Waals surface area contributed by atoms with Crippen molar-refractivity contribution in [1.29, 1.82) is 0 Å². The van der Waals surface area contributed by atoms with Gasteiger partial charge in [-0.2, -0.15) is 0 Å². The highest BCUT2D eigenvalue weighted by molar-refractivity contribution is 5.82. The number of halogens is 2. The smallest absolute Gasteiger partial charge is 0.253 e. The van der Waals surface area contributed by atoms with Crippen molar-refractivity contribution in [2.45, 2.75) is 40.5 Å². The minimum absolute atomic E-state index is 0.0116. The Morgan fingerprint density at radius 2 is 1.67 bits per heavy atom. The van der Waals surface area contributed by atoms with Gasteiger partial charge in [0.05, 0.1) is 5.52 Å². The minimum atomic E-state index is -2.81. The third kappa shape index (κ3) is 3.03. The summed E-state index contributed by atoms with van der Waals surface area (Å²) < 4.78 is 26.3. The van der Waals surface area contributed by atoms with Gasteiger partial charge in [0.25, 0.3) is 5.92 Å². The molecule has 0 saturated carbocycles. The van der Waals surface area contributed by atoms with E-state index in [-0.39, 0.29) is 5.56 Å². The molecule has 98 valence electrons. The van der Waals surface area contributed by atoms with Crippen LogP contribution in [-0.2, 0) is 5.92 Å². The fourth-order valence-corrected chi connectivity index (χ4v) is 1.84. The fraction of sp³-hybridized carbons (Fsp3) is 0.400. The Morgan fingerprint density at radius 3 is 2.22 bits per heavy atom. The summed E-state index contributed by atoms with van der Waals surface area (Å²) in [5.74, 6) is -2.81. The van der Waals surface area contributed by atoms with E-state index in [9.17, 15) is 8.78 Å². The molecule has 0 N–H and O–H groups in total. The van der Waals surface area contributed by atoms with Crippen molar-refractivity contribution in [3.63, 3.8) is 0 Å². The van der Waals surface area contributed by atoms with Gasteiger partial charge in [-0.3, -0.25) is 4.98 Å². The SMILES string of the molecule is CC.Cc1cc(C)c2ccc(C(C)(F)F)cc2n1. The molecule has 0 fully saturated rings. The molecule has 0 aliphatic carbocycles. The van der Waals surface area contributed by atoms with Gasteiger partial charge in [0.1, 0.15) is 0 Å². The predicted octanol–water partition coefficient (Wildman–Crippen LogP) is 4.99. The molecule has 0 bridgehead atoms. The number of aryl methyl sites for hydroxylation is 2. The summed E-state index contributed by atoms with van der Waals surface area (Å²) >= 11 is 0. The standard InChI is InChI=1S/C13H13F2N.C2H6/c1-8-6-9(2)16-12-7-10(13(3,14)15)4-5-11(8)12;1-2/h4-7H,1-3H3;1-2H3. The van der Waals surface area contributed by atoms with Crippen LogP contribution in [0.25, 0.3) is 10.9 Å². The predicted molar refractivity (Wildman–Crippen MR) is 72.1 cm³/mol. The summed E-state index contributed by atoms with van der Waals surface area (Å²) in [7, 11) is 0.